The number of methoxy groups -OCH3 is 1. The van der Waals surface area contributed by atoms with Crippen LogP contribution in [0.5, 0.6) is 5.75 Å². The number of hydrogen-bond donors (Lipinski definition) is 0. The summed E-state index contributed by atoms with van der Waals surface area (Å²) in [6.07, 6.45) is 2.58. The minimum absolute atomic E-state index is 0.0386. The van der Waals surface area contributed by atoms with Gasteiger partial charge in [-0.1, -0.05) is 59.8 Å². The molecule has 1 aliphatic rings. The quantitative estimate of drug-likeness (QED) is 0.430. The monoisotopic (exact) mass is 460 g/mol. The van der Waals surface area contributed by atoms with Gasteiger partial charge in [-0.2, -0.15) is 4.31 Å². The van der Waals surface area contributed by atoms with E-state index in [9.17, 15) is 8.42 Å². The first-order chi connectivity index (χ1) is 16.0. The summed E-state index contributed by atoms with van der Waals surface area (Å²) in [4.78, 5) is 0.295. The van der Waals surface area contributed by atoms with Gasteiger partial charge >= 0.3 is 0 Å². The fourth-order valence-electron chi connectivity index (χ4n) is 4.09. The van der Waals surface area contributed by atoms with E-state index in [0.29, 0.717) is 24.4 Å². The van der Waals surface area contributed by atoms with Gasteiger partial charge in [-0.05, 0) is 41.8 Å². The highest BCUT2D eigenvalue weighted by atomic mass is 32.2. The van der Waals surface area contributed by atoms with Crippen LogP contribution in [0.3, 0.4) is 0 Å². The zero-order valence-electron chi connectivity index (χ0n) is 18.2. The van der Waals surface area contributed by atoms with Gasteiger partial charge in [-0.15, -0.1) is 5.10 Å². The second kappa shape index (κ2) is 8.80. The fourth-order valence-corrected chi connectivity index (χ4v) is 5.59. The first-order valence-corrected chi connectivity index (χ1v) is 12.2. The molecule has 4 aromatic rings. The van der Waals surface area contributed by atoms with E-state index < -0.39 is 10.0 Å². The number of benzene rings is 3. The van der Waals surface area contributed by atoms with E-state index in [4.69, 9.17) is 4.74 Å². The second-order valence-electron chi connectivity index (χ2n) is 8.01. The van der Waals surface area contributed by atoms with Crippen LogP contribution in [0.2, 0.25) is 0 Å². The molecule has 33 heavy (non-hydrogen) atoms. The molecule has 1 saturated heterocycles. The fraction of sp³-hybridized carbons (Fsp3) is 0.200. The summed E-state index contributed by atoms with van der Waals surface area (Å²) in [5.74, 6) is 0.782. The molecule has 0 radical (unpaired) electrons. The summed E-state index contributed by atoms with van der Waals surface area (Å²) in [5.41, 5.74) is 3.72. The molecule has 1 fully saturated rings. The Balaban J connectivity index is 1.30. The lowest BCUT2D eigenvalue weighted by molar-refractivity contribution is 0.415. The zero-order chi connectivity index (χ0) is 22.8. The smallest absolute Gasteiger partial charge is 0.243 e. The molecule has 1 atom stereocenters. The molecule has 3 aromatic carbocycles. The highest BCUT2D eigenvalue weighted by molar-refractivity contribution is 7.89. The van der Waals surface area contributed by atoms with Crippen molar-refractivity contribution in [2.75, 3.05) is 20.2 Å². The Morgan fingerprint density at radius 3 is 2.21 bits per heavy atom. The minimum Gasteiger partial charge on any atom is -0.497 e. The largest absolute Gasteiger partial charge is 0.497 e. The van der Waals surface area contributed by atoms with E-state index in [1.54, 1.807) is 23.9 Å². The Labute approximate surface area is 193 Å². The maximum absolute atomic E-state index is 13.2. The summed E-state index contributed by atoms with van der Waals surface area (Å²) < 4.78 is 35.0. The topological polar surface area (TPSA) is 77.3 Å². The van der Waals surface area contributed by atoms with Gasteiger partial charge in [0.15, 0.2) is 0 Å². The predicted molar refractivity (Wildman–Crippen MR) is 126 cm³/mol. The molecular formula is C25H24N4O3S. The molecule has 1 aliphatic heterocycles. The van der Waals surface area contributed by atoms with Crippen LogP contribution < -0.4 is 4.74 Å². The summed E-state index contributed by atoms with van der Waals surface area (Å²) in [6, 6.07) is 24.5. The van der Waals surface area contributed by atoms with Crippen LogP contribution in [-0.4, -0.2) is 47.9 Å². The number of hydrogen-bond acceptors (Lipinski definition) is 5. The summed E-state index contributed by atoms with van der Waals surface area (Å²) in [7, 11) is -1.96. The van der Waals surface area contributed by atoms with Crippen molar-refractivity contribution in [2.24, 2.45) is 0 Å². The van der Waals surface area contributed by atoms with Crippen LogP contribution in [0.25, 0.3) is 22.4 Å². The van der Waals surface area contributed by atoms with Gasteiger partial charge in [0.1, 0.15) is 11.4 Å². The van der Waals surface area contributed by atoms with Crippen LogP contribution in [0, 0.1) is 0 Å². The maximum Gasteiger partial charge on any atom is 0.243 e. The highest BCUT2D eigenvalue weighted by Gasteiger charge is 2.34. The molecule has 8 heteroatoms. The van der Waals surface area contributed by atoms with Crippen molar-refractivity contribution in [3.8, 4) is 28.1 Å². The summed E-state index contributed by atoms with van der Waals surface area (Å²) in [5, 5.41) is 8.52. The van der Waals surface area contributed by atoms with E-state index in [-0.39, 0.29) is 6.04 Å². The lowest BCUT2D eigenvalue weighted by Crippen LogP contribution is -2.29. The van der Waals surface area contributed by atoms with Crippen molar-refractivity contribution in [3.63, 3.8) is 0 Å². The van der Waals surface area contributed by atoms with Crippen molar-refractivity contribution in [1.29, 1.82) is 0 Å². The lowest BCUT2D eigenvalue weighted by atomic mass is 10.1. The maximum atomic E-state index is 13.2. The number of ether oxygens (including phenoxy) is 1. The van der Waals surface area contributed by atoms with Gasteiger partial charge in [0.2, 0.25) is 10.0 Å². The Bertz CT molecular complexity index is 1330. The third-order valence-corrected chi connectivity index (χ3v) is 7.87. The highest BCUT2D eigenvalue weighted by Crippen LogP contribution is 2.29. The molecule has 0 saturated carbocycles. The van der Waals surface area contributed by atoms with E-state index in [2.05, 4.69) is 10.3 Å². The average molecular weight is 461 g/mol. The summed E-state index contributed by atoms with van der Waals surface area (Å²) >= 11 is 0. The molecule has 1 aromatic heterocycles. The molecule has 0 aliphatic carbocycles. The van der Waals surface area contributed by atoms with Crippen molar-refractivity contribution >= 4 is 10.0 Å². The Kier molecular flexibility index (Phi) is 5.70. The number of rotatable bonds is 6. The third-order valence-electron chi connectivity index (χ3n) is 6.00. The van der Waals surface area contributed by atoms with Crippen LogP contribution in [0.1, 0.15) is 12.5 Å². The molecule has 0 bridgehead atoms. The second-order valence-corrected chi connectivity index (χ2v) is 9.95. The lowest BCUT2D eigenvalue weighted by Gasteiger charge is -2.17. The Morgan fingerprint density at radius 1 is 0.879 bits per heavy atom. The van der Waals surface area contributed by atoms with E-state index >= 15 is 0 Å². The molecule has 0 spiro atoms. The SMILES string of the molecule is COc1ccc(-c2ccc(S(=O)(=O)N3CCC(n4cc(-c5ccccc5)nn4)C3)cc2)cc1. The molecule has 0 N–H and O–H groups in total. The van der Waals surface area contributed by atoms with Gasteiger partial charge in [0, 0.05) is 18.7 Å². The van der Waals surface area contributed by atoms with E-state index in [1.807, 2.05) is 72.9 Å². The third kappa shape index (κ3) is 4.27. The van der Waals surface area contributed by atoms with Crippen molar-refractivity contribution in [2.45, 2.75) is 17.4 Å². The molecular weight excluding hydrogens is 436 g/mol. The van der Waals surface area contributed by atoms with Gasteiger partial charge in [0.05, 0.1) is 24.2 Å². The van der Waals surface area contributed by atoms with Gasteiger partial charge < -0.3 is 4.74 Å². The van der Waals surface area contributed by atoms with Crippen LogP contribution in [-0.2, 0) is 10.0 Å². The van der Waals surface area contributed by atoms with Crippen molar-refractivity contribution < 1.29 is 13.2 Å². The van der Waals surface area contributed by atoms with Gasteiger partial charge in [0.25, 0.3) is 0 Å². The minimum atomic E-state index is -3.58. The Hall–Kier alpha value is -3.49. The molecule has 5 rings (SSSR count). The summed E-state index contributed by atoms with van der Waals surface area (Å²) in [6.45, 7) is 0.827. The first kappa shape index (κ1) is 21.4. The van der Waals surface area contributed by atoms with Crippen molar-refractivity contribution in [3.05, 3.63) is 85.1 Å². The van der Waals surface area contributed by atoms with Crippen molar-refractivity contribution in [1.82, 2.24) is 19.3 Å². The first-order valence-electron chi connectivity index (χ1n) is 10.8. The molecule has 1 unspecified atom stereocenters. The van der Waals surface area contributed by atoms with Crippen LogP contribution >= 0.6 is 0 Å². The van der Waals surface area contributed by atoms with Crippen LogP contribution in [0.15, 0.2) is 90.0 Å². The zero-order valence-corrected chi connectivity index (χ0v) is 19.0. The Morgan fingerprint density at radius 2 is 1.55 bits per heavy atom. The average Bonchev–Trinajstić information content (AvgIpc) is 3.55. The standard InChI is InChI=1S/C25H24N4O3S/c1-32-23-11-7-19(8-12-23)20-9-13-24(14-10-20)33(30,31)28-16-15-22(17-28)29-18-25(26-27-29)21-5-3-2-4-6-21/h2-14,18,22H,15-17H2,1H3. The number of aromatic nitrogens is 3. The molecule has 7 nitrogen and oxygen atoms in total. The van der Waals surface area contributed by atoms with E-state index in [0.717, 1.165) is 28.1 Å². The predicted octanol–water partition coefficient (Wildman–Crippen LogP) is 4.26. The van der Waals surface area contributed by atoms with E-state index in [1.165, 1.54) is 4.31 Å². The van der Waals surface area contributed by atoms with Crippen LogP contribution in [0.4, 0.5) is 0 Å². The normalized spacial score (nSPS) is 16.7. The van der Waals surface area contributed by atoms with Gasteiger partial charge in [-0.3, -0.25) is 0 Å². The number of sulfonamides is 1. The number of nitrogens with zero attached hydrogens (tertiary/aromatic N) is 4. The molecule has 0 amide bonds. The molecule has 168 valence electrons. The van der Waals surface area contributed by atoms with Gasteiger partial charge in [-0.25, -0.2) is 13.1 Å². The molecule has 2 heterocycles.